The number of allylic oxidation sites excluding steroid dienone is 9. The van der Waals surface area contributed by atoms with Crippen molar-refractivity contribution in [3.63, 3.8) is 0 Å². The number of nitrogens with zero attached hydrogens (tertiary/aromatic N) is 1. The topological polar surface area (TPSA) is 152 Å². The molecule has 2 N–H and O–H groups in total. The molecule has 0 rings (SSSR count). The van der Waals surface area contributed by atoms with Crippen LogP contribution in [0, 0.1) is 0 Å². The van der Waals surface area contributed by atoms with Gasteiger partial charge in [0.15, 0.2) is 6.10 Å². The zero-order chi connectivity index (χ0) is 44.6. The lowest BCUT2D eigenvalue weighted by Gasteiger charge is -2.28. The van der Waals surface area contributed by atoms with E-state index in [2.05, 4.69) is 43.4 Å². The number of rotatable bonds is 41. The normalized spacial score (nSPS) is 15.1. The van der Waals surface area contributed by atoms with Crippen molar-refractivity contribution in [2.75, 3.05) is 47.5 Å². The van der Waals surface area contributed by atoms with E-state index < -0.39 is 44.7 Å². The molecule has 0 radical (unpaired) electrons. The predicted molar refractivity (Wildman–Crippen MR) is 243 cm³/mol. The van der Waals surface area contributed by atoms with Crippen LogP contribution in [0.15, 0.2) is 60.8 Å². The number of carbonyl (C=O) groups is 2. The molecule has 0 aromatic carbocycles. The highest BCUT2D eigenvalue weighted by Crippen LogP contribution is 2.38. The van der Waals surface area contributed by atoms with E-state index in [1.807, 2.05) is 52.4 Å². The molecule has 11 nitrogen and oxygen atoms in total. The molecule has 0 aliphatic heterocycles. The lowest BCUT2D eigenvalue weighted by atomic mass is 10.0. The highest BCUT2D eigenvalue weighted by molar-refractivity contribution is 7.45. The Morgan fingerprint density at radius 3 is 1.55 bits per heavy atom. The second kappa shape index (κ2) is 39.5. The van der Waals surface area contributed by atoms with E-state index in [0.717, 1.165) is 44.9 Å². The van der Waals surface area contributed by atoms with E-state index in [4.69, 9.17) is 18.5 Å². The SMILES string of the molecule is CCCCCCCCCCCCCCCCCC(=O)OCC(COP(=O)([O-])OCC[N+](C)(C)C)OC(=O)CC/C=C/C/C=C/C/C=C/C/C=C/C/C=C/CC(O)C(O)CC. The summed E-state index contributed by atoms with van der Waals surface area (Å²) in [6.07, 6.45) is 41.2. The molecule has 60 heavy (non-hydrogen) atoms. The average molecular weight is 868 g/mol. The van der Waals surface area contributed by atoms with E-state index >= 15 is 0 Å². The zero-order valence-corrected chi connectivity index (χ0v) is 39.3. The van der Waals surface area contributed by atoms with Crippen LogP contribution in [0.25, 0.3) is 0 Å². The fraction of sp³-hybridized carbons (Fsp3) is 0.750. The first-order valence-electron chi connectivity index (χ1n) is 23.2. The van der Waals surface area contributed by atoms with Gasteiger partial charge in [-0.2, -0.15) is 0 Å². The number of phosphoric acid groups is 1. The van der Waals surface area contributed by atoms with Crippen molar-refractivity contribution < 1.29 is 52.3 Å². The van der Waals surface area contributed by atoms with Gasteiger partial charge in [-0.25, -0.2) is 0 Å². The van der Waals surface area contributed by atoms with E-state index in [1.165, 1.54) is 70.6 Å². The number of hydrogen-bond donors (Lipinski definition) is 2. The van der Waals surface area contributed by atoms with Crippen LogP contribution < -0.4 is 4.89 Å². The van der Waals surface area contributed by atoms with Gasteiger partial charge in [-0.1, -0.05) is 164 Å². The number of quaternary nitrogens is 1. The molecule has 4 atom stereocenters. The summed E-state index contributed by atoms with van der Waals surface area (Å²) in [4.78, 5) is 37.5. The minimum absolute atomic E-state index is 0.0567. The van der Waals surface area contributed by atoms with Crippen molar-refractivity contribution in [3.8, 4) is 0 Å². The average Bonchev–Trinajstić information content (AvgIpc) is 3.20. The smallest absolute Gasteiger partial charge is 0.306 e. The van der Waals surface area contributed by atoms with Crippen molar-refractivity contribution in [2.45, 2.75) is 186 Å². The highest BCUT2D eigenvalue weighted by atomic mass is 31.2. The van der Waals surface area contributed by atoms with Crippen LogP contribution in [0.4, 0.5) is 0 Å². The maximum absolute atomic E-state index is 12.7. The molecule has 348 valence electrons. The Bertz CT molecular complexity index is 1240. The minimum Gasteiger partial charge on any atom is -0.756 e. The second-order valence-electron chi connectivity index (χ2n) is 16.7. The Morgan fingerprint density at radius 2 is 1.07 bits per heavy atom. The maximum Gasteiger partial charge on any atom is 0.306 e. The quantitative estimate of drug-likeness (QED) is 0.0200. The van der Waals surface area contributed by atoms with Crippen LogP contribution in [0.1, 0.15) is 168 Å². The first-order valence-corrected chi connectivity index (χ1v) is 24.6. The summed E-state index contributed by atoms with van der Waals surface area (Å²) in [6.45, 7) is 3.68. The van der Waals surface area contributed by atoms with Gasteiger partial charge in [0, 0.05) is 12.8 Å². The fourth-order valence-electron chi connectivity index (χ4n) is 5.97. The summed E-state index contributed by atoms with van der Waals surface area (Å²) in [5.41, 5.74) is 0. The van der Waals surface area contributed by atoms with Gasteiger partial charge < -0.3 is 38.1 Å². The van der Waals surface area contributed by atoms with Gasteiger partial charge in [-0.05, 0) is 51.4 Å². The van der Waals surface area contributed by atoms with Crippen LogP contribution in [0.2, 0.25) is 0 Å². The van der Waals surface area contributed by atoms with Gasteiger partial charge in [-0.3, -0.25) is 14.2 Å². The fourth-order valence-corrected chi connectivity index (χ4v) is 6.69. The standard InChI is InChI=1S/C48H86NO10P/c1-6-8-9-10-11-12-13-14-16-20-23-26-29-32-35-38-47(52)56-42-44(43-58-60(54,55)57-41-40-49(3,4)5)59-48(53)39-36-33-30-27-24-21-18-15-17-19-22-25-28-31-34-37-46(51)45(50)7-2/h15,17,21-22,24-25,30-31,33-34,44-46,50-51H,6-14,16,18-20,23,26-29,32,35-43H2,1-5H3/b17-15+,24-21+,25-22+,33-30+,34-31+. The van der Waals surface area contributed by atoms with Gasteiger partial charge in [0.1, 0.15) is 19.8 Å². The van der Waals surface area contributed by atoms with E-state index in [0.29, 0.717) is 36.7 Å². The third-order valence-corrected chi connectivity index (χ3v) is 10.8. The molecule has 0 fully saturated rings. The molecule has 0 heterocycles. The third-order valence-electron chi connectivity index (χ3n) is 9.82. The molecule has 0 aromatic heterocycles. The summed E-state index contributed by atoms with van der Waals surface area (Å²) in [7, 11) is 1.08. The summed E-state index contributed by atoms with van der Waals surface area (Å²) in [6, 6.07) is 0. The molecule has 0 aromatic rings. The monoisotopic (exact) mass is 868 g/mol. The number of unbranched alkanes of at least 4 members (excludes halogenated alkanes) is 14. The lowest BCUT2D eigenvalue weighted by Crippen LogP contribution is -2.37. The number of hydrogen-bond acceptors (Lipinski definition) is 10. The molecule has 0 aliphatic rings. The molecule has 0 aliphatic carbocycles. The van der Waals surface area contributed by atoms with Gasteiger partial charge in [-0.15, -0.1) is 0 Å². The van der Waals surface area contributed by atoms with Crippen LogP contribution in [-0.4, -0.2) is 92.5 Å². The molecular weight excluding hydrogens is 781 g/mol. The van der Waals surface area contributed by atoms with Gasteiger partial charge in [0.2, 0.25) is 0 Å². The predicted octanol–water partition coefficient (Wildman–Crippen LogP) is 10.6. The molecule has 0 bridgehead atoms. The van der Waals surface area contributed by atoms with Crippen LogP contribution in [0.5, 0.6) is 0 Å². The van der Waals surface area contributed by atoms with E-state index in [-0.39, 0.29) is 26.1 Å². The summed E-state index contributed by atoms with van der Waals surface area (Å²) in [5.74, 6) is -0.962. The second-order valence-corrected chi connectivity index (χ2v) is 18.1. The Morgan fingerprint density at radius 1 is 0.600 bits per heavy atom. The largest absolute Gasteiger partial charge is 0.756 e. The number of aliphatic hydroxyl groups excluding tert-OH is 2. The molecule has 0 spiro atoms. The van der Waals surface area contributed by atoms with E-state index in [9.17, 15) is 29.3 Å². The number of phosphoric ester groups is 1. The van der Waals surface area contributed by atoms with Gasteiger partial charge in [0.05, 0.1) is 40.0 Å². The van der Waals surface area contributed by atoms with Crippen molar-refractivity contribution in [3.05, 3.63) is 60.8 Å². The zero-order valence-electron chi connectivity index (χ0n) is 38.4. The molecule has 0 saturated heterocycles. The summed E-state index contributed by atoms with van der Waals surface area (Å²) in [5, 5.41) is 19.3. The molecule has 4 unspecified atom stereocenters. The number of ether oxygens (including phenoxy) is 2. The highest BCUT2D eigenvalue weighted by Gasteiger charge is 2.21. The van der Waals surface area contributed by atoms with Gasteiger partial charge in [0.25, 0.3) is 7.82 Å². The van der Waals surface area contributed by atoms with Gasteiger partial charge >= 0.3 is 11.9 Å². The Labute approximate surface area is 365 Å². The van der Waals surface area contributed by atoms with Crippen LogP contribution in [-0.2, 0) is 32.7 Å². The molecule has 12 heteroatoms. The Hall–Kier alpha value is -2.37. The Kier molecular flexibility index (Phi) is 37.9. The summed E-state index contributed by atoms with van der Waals surface area (Å²) >= 11 is 0. The number of carbonyl (C=O) groups excluding carboxylic acids is 2. The molecule has 0 amide bonds. The molecule has 0 saturated carbocycles. The van der Waals surface area contributed by atoms with Crippen LogP contribution >= 0.6 is 7.82 Å². The van der Waals surface area contributed by atoms with E-state index in [1.54, 1.807) is 0 Å². The third kappa shape index (κ3) is 41.0. The lowest BCUT2D eigenvalue weighted by molar-refractivity contribution is -0.870. The maximum atomic E-state index is 12.7. The first kappa shape index (κ1) is 57.6. The van der Waals surface area contributed by atoms with Crippen molar-refractivity contribution in [2.24, 2.45) is 0 Å². The van der Waals surface area contributed by atoms with Crippen molar-refractivity contribution in [1.29, 1.82) is 0 Å². The Balaban J connectivity index is 4.49. The first-order chi connectivity index (χ1) is 28.8. The van der Waals surface area contributed by atoms with Crippen molar-refractivity contribution in [1.82, 2.24) is 0 Å². The van der Waals surface area contributed by atoms with Crippen LogP contribution in [0.3, 0.4) is 0 Å². The number of aliphatic hydroxyl groups is 2. The number of esters is 2. The minimum atomic E-state index is -4.66. The molecular formula is C48H86NO10P. The summed E-state index contributed by atoms with van der Waals surface area (Å²) < 4.78 is 33.8. The van der Waals surface area contributed by atoms with Crippen molar-refractivity contribution >= 4 is 19.8 Å². The number of likely N-dealkylation sites (N-methyl/N-ethyl adjacent to an activating group) is 1.